The highest BCUT2D eigenvalue weighted by Gasteiger charge is 2.02. The lowest BCUT2D eigenvalue weighted by Crippen LogP contribution is -2.13. The number of nitrogens with zero attached hydrogens (tertiary/aromatic N) is 2. The second kappa shape index (κ2) is 5.77. The molecule has 0 amide bonds. The summed E-state index contributed by atoms with van der Waals surface area (Å²) in [6, 6.07) is 12.5. The third-order valence-electron chi connectivity index (χ3n) is 3.35. The molecule has 0 atom stereocenters. The third kappa shape index (κ3) is 2.92. The van der Waals surface area contributed by atoms with Gasteiger partial charge in [0.15, 0.2) is 0 Å². The average molecular weight is 330 g/mol. The molecule has 2 heterocycles. The molecule has 0 aliphatic carbocycles. The quantitative estimate of drug-likeness (QED) is 0.790. The molecule has 1 N–H and O–H groups in total. The summed E-state index contributed by atoms with van der Waals surface area (Å²) >= 11 is 3.47. The first-order valence-electron chi connectivity index (χ1n) is 6.61. The van der Waals surface area contributed by atoms with Crippen molar-refractivity contribution in [3.8, 4) is 0 Å². The fourth-order valence-corrected chi connectivity index (χ4v) is 2.59. The van der Waals surface area contributed by atoms with Gasteiger partial charge in [0.2, 0.25) is 0 Å². The summed E-state index contributed by atoms with van der Waals surface area (Å²) in [5.74, 6) is 0. The van der Waals surface area contributed by atoms with Crippen LogP contribution in [0.5, 0.6) is 0 Å². The molecular formula is C16H16BrN3. The Morgan fingerprint density at radius 1 is 1.10 bits per heavy atom. The summed E-state index contributed by atoms with van der Waals surface area (Å²) in [7, 11) is 0. The van der Waals surface area contributed by atoms with Gasteiger partial charge in [0, 0.05) is 30.0 Å². The van der Waals surface area contributed by atoms with Gasteiger partial charge in [-0.05, 0) is 46.1 Å². The Balaban J connectivity index is 1.67. The van der Waals surface area contributed by atoms with Crippen LogP contribution < -0.4 is 5.32 Å². The fraction of sp³-hybridized carbons (Fsp3) is 0.188. The summed E-state index contributed by atoms with van der Waals surface area (Å²) in [5, 5.41) is 3.45. The number of aromatic nitrogens is 2. The highest BCUT2D eigenvalue weighted by Crippen LogP contribution is 2.12. The van der Waals surface area contributed by atoms with E-state index in [0.717, 1.165) is 28.9 Å². The Morgan fingerprint density at radius 2 is 1.95 bits per heavy atom. The molecule has 0 saturated carbocycles. The number of rotatable bonds is 4. The van der Waals surface area contributed by atoms with Crippen molar-refractivity contribution in [2.45, 2.75) is 20.0 Å². The first kappa shape index (κ1) is 13.3. The smallest absolute Gasteiger partial charge is 0.137 e. The lowest BCUT2D eigenvalue weighted by molar-refractivity contribution is 0.680. The van der Waals surface area contributed by atoms with Gasteiger partial charge in [-0.1, -0.05) is 24.3 Å². The van der Waals surface area contributed by atoms with Crippen LogP contribution in [0.2, 0.25) is 0 Å². The zero-order chi connectivity index (χ0) is 13.9. The predicted molar refractivity (Wildman–Crippen MR) is 84.6 cm³/mol. The van der Waals surface area contributed by atoms with Crippen molar-refractivity contribution < 1.29 is 0 Å². The van der Waals surface area contributed by atoms with E-state index in [0.29, 0.717) is 0 Å². The van der Waals surface area contributed by atoms with Gasteiger partial charge in [-0.2, -0.15) is 0 Å². The van der Waals surface area contributed by atoms with Gasteiger partial charge in [0.25, 0.3) is 0 Å². The van der Waals surface area contributed by atoms with E-state index in [1.165, 1.54) is 11.1 Å². The van der Waals surface area contributed by atoms with E-state index in [1.54, 1.807) is 0 Å². The molecule has 0 fully saturated rings. The van der Waals surface area contributed by atoms with Gasteiger partial charge in [-0.25, -0.2) is 4.98 Å². The van der Waals surface area contributed by atoms with Crippen LogP contribution in [0.3, 0.4) is 0 Å². The zero-order valence-electron chi connectivity index (χ0n) is 11.3. The van der Waals surface area contributed by atoms with E-state index in [2.05, 4.69) is 63.6 Å². The van der Waals surface area contributed by atoms with Crippen molar-refractivity contribution in [3.63, 3.8) is 0 Å². The van der Waals surface area contributed by atoms with Crippen molar-refractivity contribution in [2.24, 2.45) is 0 Å². The predicted octanol–water partition coefficient (Wildman–Crippen LogP) is 3.70. The Kier molecular flexibility index (Phi) is 3.85. The average Bonchev–Trinajstić information content (AvgIpc) is 2.83. The van der Waals surface area contributed by atoms with E-state index >= 15 is 0 Å². The van der Waals surface area contributed by atoms with Crippen LogP contribution in [0.25, 0.3) is 5.65 Å². The minimum Gasteiger partial charge on any atom is -0.307 e. The summed E-state index contributed by atoms with van der Waals surface area (Å²) in [5.41, 5.74) is 4.68. The number of pyridine rings is 1. The Bertz CT molecular complexity index is 733. The standard InChI is InChI=1S/C16H16BrN3/c1-12-4-2-3-5-13(12)8-18-9-15-11-20-10-14(17)6-7-16(20)19-15/h2-7,10-11,18H,8-9H2,1H3. The fourth-order valence-electron chi connectivity index (χ4n) is 2.24. The van der Waals surface area contributed by atoms with Gasteiger partial charge in [-0.15, -0.1) is 0 Å². The Hall–Kier alpha value is -1.65. The van der Waals surface area contributed by atoms with Crippen LogP contribution >= 0.6 is 15.9 Å². The normalized spacial score (nSPS) is 11.1. The molecule has 20 heavy (non-hydrogen) atoms. The molecule has 0 spiro atoms. The molecule has 3 nitrogen and oxygen atoms in total. The molecule has 0 saturated heterocycles. The minimum atomic E-state index is 0.771. The number of imidazole rings is 1. The number of fused-ring (bicyclic) bond motifs is 1. The van der Waals surface area contributed by atoms with Crippen molar-refractivity contribution in [1.82, 2.24) is 14.7 Å². The molecule has 4 heteroatoms. The van der Waals surface area contributed by atoms with E-state index < -0.39 is 0 Å². The zero-order valence-corrected chi connectivity index (χ0v) is 12.9. The lowest BCUT2D eigenvalue weighted by atomic mass is 10.1. The molecule has 0 bridgehead atoms. The molecular weight excluding hydrogens is 314 g/mol. The number of aryl methyl sites for hydroxylation is 1. The van der Waals surface area contributed by atoms with Crippen LogP contribution in [0.15, 0.2) is 53.3 Å². The number of hydrogen-bond acceptors (Lipinski definition) is 2. The highest BCUT2D eigenvalue weighted by atomic mass is 79.9. The van der Waals surface area contributed by atoms with Crippen LogP contribution in [-0.4, -0.2) is 9.38 Å². The molecule has 0 aliphatic rings. The van der Waals surface area contributed by atoms with Gasteiger partial charge >= 0.3 is 0 Å². The van der Waals surface area contributed by atoms with Gasteiger partial charge < -0.3 is 9.72 Å². The monoisotopic (exact) mass is 329 g/mol. The molecule has 102 valence electrons. The minimum absolute atomic E-state index is 0.771. The second-order valence-corrected chi connectivity index (χ2v) is 5.79. The number of benzene rings is 1. The van der Waals surface area contributed by atoms with Crippen LogP contribution in [-0.2, 0) is 13.1 Å². The molecule has 0 aliphatic heterocycles. The van der Waals surface area contributed by atoms with Gasteiger partial charge in [-0.3, -0.25) is 0 Å². The highest BCUT2D eigenvalue weighted by molar-refractivity contribution is 9.10. The third-order valence-corrected chi connectivity index (χ3v) is 3.82. The Labute approximate surface area is 126 Å². The number of halogens is 1. The van der Waals surface area contributed by atoms with Crippen molar-refractivity contribution in [1.29, 1.82) is 0 Å². The van der Waals surface area contributed by atoms with Crippen LogP contribution in [0.4, 0.5) is 0 Å². The SMILES string of the molecule is Cc1ccccc1CNCc1cn2cc(Br)ccc2n1. The molecule has 0 unspecified atom stereocenters. The molecule has 2 aromatic heterocycles. The van der Waals surface area contributed by atoms with Gasteiger partial charge in [0.1, 0.15) is 5.65 Å². The molecule has 3 aromatic rings. The summed E-state index contributed by atoms with van der Waals surface area (Å²) in [4.78, 5) is 4.59. The first-order chi connectivity index (χ1) is 9.72. The van der Waals surface area contributed by atoms with E-state index in [9.17, 15) is 0 Å². The van der Waals surface area contributed by atoms with Gasteiger partial charge in [0.05, 0.1) is 5.69 Å². The van der Waals surface area contributed by atoms with Crippen molar-refractivity contribution in [3.05, 3.63) is 70.1 Å². The van der Waals surface area contributed by atoms with Crippen LogP contribution in [0.1, 0.15) is 16.8 Å². The number of nitrogens with one attached hydrogen (secondary N) is 1. The van der Waals surface area contributed by atoms with Crippen LogP contribution in [0, 0.1) is 6.92 Å². The van der Waals surface area contributed by atoms with E-state index in [4.69, 9.17) is 0 Å². The maximum Gasteiger partial charge on any atom is 0.137 e. The molecule has 1 aromatic carbocycles. The summed E-state index contributed by atoms with van der Waals surface area (Å²) in [6.45, 7) is 3.78. The summed E-state index contributed by atoms with van der Waals surface area (Å²) in [6.07, 6.45) is 4.08. The number of hydrogen-bond donors (Lipinski definition) is 1. The maximum atomic E-state index is 4.59. The Morgan fingerprint density at radius 3 is 2.80 bits per heavy atom. The second-order valence-electron chi connectivity index (χ2n) is 4.88. The first-order valence-corrected chi connectivity index (χ1v) is 7.40. The maximum absolute atomic E-state index is 4.59. The summed E-state index contributed by atoms with van der Waals surface area (Å²) < 4.78 is 3.09. The van der Waals surface area contributed by atoms with Crippen molar-refractivity contribution >= 4 is 21.6 Å². The molecule has 0 radical (unpaired) electrons. The topological polar surface area (TPSA) is 29.3 Å². The van der Waals surface area contributed by atoms with E-state index in [1.807, 2.05) is 22.7 Å². The van der Waals surface area contributed by atoms with Crippen molar-refractivity contribution in [2.75, 3.05) is 0 Å². The molecule has 3 rings (SSSR count). The largest absolute Gasteiger partial charge is 0.307 e. The van der Waals surface area contributed by atoms with E-state index in [-0.39, 0.29) is 0 Å². The lowest BCUT2D eigenvalue weighted by Gasteiger charge is -2.05.